The van der Waals surface area contributed by atoms with Crippen LogP contribution in [0.25, 0.3) is 0 Å². The maximum absolute atomic E-state index is 10.6. The summed E-state index contributed by atoms with van der Waals surface area (Å²) in [5.74, 6) is 0. The minimum atomic E-state index is -0.539. The van der Waals surface area contributed by atoms with Crippen LogP contribution in [0, 0.1) is 0 Å². The fourth-order valence-electron chi connectivity index (χ4n) is 0.740. The molecule has 0 aromatic carbocycles. The summed E-state index contributed by atoms with van der Waals surface area (Å²) >= 11 is 14.4. The van der Waals surface area contributed by atoms with Gasteiger partial charge in [-0.3, -0.25) is 4.79 Å². The Labute approximate surface area is 83.2 Å². The van der Waals surface area contributed by atoms with Gasteiger partial charge in [0.2, 0.25) is 0 Å². The van der Waals surface area contributed by atoms with Gasteiger partial charge in [-0.05, 0) is 18.0 Å². The normalized spacial score (nSPS) is 29.9. The first kappa shape index (κ1) is 9.30. The summed E-state index contributed by atoms with van der Waals surface area (Å²) in [5, 5.41) is -0.444. The van der Waals surface area contributed by atoms with Crippen LogP contribution in [0.1, 0.15) is 6.42 Å². The predicted octanol–water partition coefficient (Wildman–Crippen LogP) is 2.97. The molecule has 0 heterocycles. The van der Waals surface area contributed by atoms with Crippen molar-refractivity contribution < 1.29 is 4.79 Å². The minimum Gasteiger partial charge on any atom is -0.276 e. The number of allylic oxidation sites excluding steroid dienone is 4. The molecule has 1 aliphatic rings. The number of rotatable bonds is 1. The third-order valence-electron chi connectivity index (χ3n) is 1.33. The monoisotopic (exact) mass is 254 g/mol. The number of carbonyl (C=O) groups is 1. The first-order valence-electron chi connectivity index (χ1n) is 2.98. The predicted molar refractivity (Wildman–Crippen MR) is 50.2 cm³/mol. The number of hydrogen-bond donors (Lipinski definition) is 0. The molecule has 0 aliphatic heterocycles. The number of carbonyl (C=O) groups excluding carboxylic acids is 1. The Bertz CT molecular complexity index is 243. The number of hydrogen-bond acceptors (Lipinski definition) is 1. The standard InChI is InChI=1S/C7H5BrCl2O/c8-7(10)3-1-5(2-4-7)6(9)11/h1-3H,4H2. The molecule has 0 aromatic rings. The minimum absolute atomic E-state index is 0.444. The lowest BCUT2D eigenvalue weighted by Crippen LogP contribution is -2.10. The zero-order valence-corrected chi connectivity index (χ0v) is 8.58. The van der Waals surface area contributed by atoms with Crippen molar-refractivity contribution in [3.05, 3.63) is 23.8 Å². The van der Waals surface area contributed by atoms with E-state index in [1.165, 1.54) is 0 Å². The first-order chi connectivity index (χ1) is 5.01. The van der Waals surface area contributed by atoms with Crippen LogP contribution >= 0.6 is 39.1 Å². The Kier molecular flexibility index (Phi) is 2.79. The topological polar surface area (TPSA) is 17.1 Å². The second kappa shape index (κ2) is 3.30. The highest BCUT2D eigenvalue weighted by molar-refractivity contribution is 9.10. The highest BCUT2D eigenvalue weighted by atomic mass is 79.9. The quantitative estimate of drug-likeness (QED) is 0.520. The fourth-order valence-corrected chi connectivity index (χ4v) is 1.31. The molecule has 0 radical (unpaired) electrons. The van der Waals surface area contributed by atoms with Gasteiger partial charge < -0.3 is 0 Å². The van der Waals surface area contributed by atoms with Crippen molar-refractivity contribution in [2.24, 2.45) is 0 Å². The van der Waals surface area contributed by atoms with Crippen LogP contribution in [-0.4, -0.2) is 9.03 Å². The van der Waals surface area contributed by atoms with Gasteiger partial charge in [0.15, 0.2) is 0 Å². The summed E-state index contributed by atoms with van der Waals surface area (Å²) < 4.78 is -0.539. The van der Waals surface area contributed by atoms with Crippen molar-refractivity contribution in [3.8, 4) is 0 Å². The maximum Gasteiger partial charge on any atom is 0.252 e. The van der Waals surface area contributed by atoms with Crippen molar-refractivity contribution in [1.29, 1.82) is 0 Å². The lowest BCUT2D eigenvalue weighted by atomic mass is 10.1. The molecule has 0 bridgehead atoms. The van der Waals surface area contributed by atoms with Crippen molar-refractivity contribution in [3.63, 3.8) is 0 Å². The zero-order chi connectivity index (χ0) is 8.48. The van der Waals surface area contributed by atoms with E-state index in [2.05, 4.69) is 15.9 Å². The summed E-state index contributed by atoms with van der Waals surface area (Å²) in [5.41, 5.74) is 0.502. The van der Waals surface area contributed by atoms with Gasteiger partial charge in [-0.2, -0.15) is 0 Å². The van der Waals surface area contributed by atoms with E-state index in [4.69, 9.17) is 23.2 Å². The van der Waals surface area contributed by atoms with E-state index in [0.717, 1.165) is 0 Å². The van der Waals surface area contributed by atoms with E-state index < -0.39 is 9.03 Å². The molecule has 0 saturated heterocycles. The Morgan fingerprint density at radius 3 is 2.73 bits per heavy atom. The van der Waals surface area contributed by atoms with E-state index in [1.807, 2.05) is 0 Å². The lowest BCUT2D eigenvalue weighted by Gasteiger charge is -2.16. The van der Waals surface area contributed by atoms with Crippen molar-refractivity contribution >= 4 is 44.4 Å². The summed E-state index contributed by atoms with van der Waals surface area (Å²) in [6.45, 7) is 0. The molecular weight excluding hydrogens is 251 g/mol. The Morgan fingerprint density at radius 2 is 2.36 bits per heavy atom. The smallest absolute Gasteiger partial charge is 0.252 e. The van der Waals surface area contributed by atoms with Gasteiger partial charge in [0, 0.05) is 5.57 Å². The molecule has 0 aromatic heterocycles. The molecule has 60 valence electrons. The van der Waals surface area contributed by atoms with Gasteiger partial charge in [0.1, 0.15) is 3.78 Å². The van der Waals surface area contributed by atoms with E-state index in [0.29, 0.717) is 12.0 Å². The molecule has 1 unspecified atom stereocenters. The van der Waals surface area contributed by atoms with Crippen molar-refractivity contribution in [2.45, 2.75) is 10.2 Å². The molecule has 1 atom stereocenters. The Hall–Kier alpha value is 0.210. The molecule has 1 aliphatic carbocycles. The van der Waals surface area contributed by atoms with Crippen molar-refractivity contribution in [1.82, 2.24) is 0 Å². The second-order valence-electron chi connectivity index (χ2n) is 2.23. The Morgan fingerprint density at radius 1 is 1.73 bits per heavy atom. The van der Waals surface area contributed by atoms with Crippen LogP contribution in [0.4, 0.5) is 0 Å². The van der Waals surface area contributed by atoms with Gasteiger partial charge in [-0.1, -0.05) is 34.2 Å². The third kappa shape index (κ3) is 2.62. The zero-order valence-electron chi connectivity index (χ0n) is 5.48. The average molecular weight is 256 g/mol. The van der Waals surface area contributed by atoms with Gasteiger partial charge in [-0.15, -0.1) is 11.6 Å². The van der Waals surface area contributed by atoms with Crippen LogP contribution in [0.5, 0.6) is 0 Å². The van der Waals surface area contributed by atoms with Gasteiger partial charge in [0.05, 0.1) is 0 Å². The van der Waals surface area contributed by atoms with Crippen LogP contribution in [0.3, 0.4) is 0 Å². The molecule has 0 N–H and O–H groups in total. The third-order valence-corrected chi connectivity index (χ3v) is 2.41. The first-order valence-corrected chi connectivity index (χ1v) is 4.53. The molecule has 11 heavy (non-hydrogen) atoms. The molecule has 0 fully saturated rings. The summed E-state index contributed by atoms with van der Waals surface area (Å²) in [7, 11) is 0. The van der Waals surface area contributed by atoms with Crippen LogP contribution in [0.2, 0.25) is 0 Å². The van der Waals surface area contributed by atoms with E-state index in [1.54, 1.807) is 18.2 Å². The van der Waals surface area contributed by atoms with E-state index in [9.17, 15) is 4.79 Å². The molecule has 0 amide bonds. The van der Waals surface area contributed by atoms with Crippen molar-refractivity contribution in [2.75, 3.05) is 0 Å². The molecular formula is C7H5BrCl2O. The van der Waals surface area contributed by atoms with E-state index in [-0.39, 0.29) is 0 Å². The summed E-state index contributed by atoms with van der Waals surface area (Å²) in [4.78, 5) is 10.6. The number of alkyl halides is 2. The van der Waals surface area contributed by atoms with Crippen LogP contribution in [-0.2, 0) is 4.79 Å². The highest BCUT2D eigenvalue weighted by Gasteiger charge is 2.22. The molecule has 4 heteroatoms. The number of halogens is 3. The molecule has 1 rings (SSSR count). The van der Waals surface area contributed by atoms with Gasteiger partial charge >= 0.3 is 0 Å². The largest absolute Gasteiger partial charge is 0.276 e. The Balaban J connectivity index is 2.75. The van der Waals surface area contributed by atoms with Crippen LogP contribution in [0.15, 0.2) is 23.8 Å². The SMILES string of the molecule is O=C(Cl)C1=CCC(Cl)(Br)C=C1. The van der Waals surface area contributed by atoms with Crippen LogP contribution < -0.4 is 0 Å². The average Bonchev–Trinajstić information content (AvgIpc) is 1.86. The fraction of sp³-hybridized carbons (Fsp3) is 0.286. The summed E-state index contributed by atoms with van der Waals surface area (Å²) in [6.07, 6.45) is 5.58. The molecule has 1 nitrogen and oxygen atoms in total. The summed E-state index contributed by atoms with van der Waals surface area (Å²) in [6, 6.07) is 0. The second-order valence-corrected chi connectivity index (χ2v) is 5.12. The van der Waals surface area contributed by atoms with E-state index >= 15 is 0 Å². The molecule has 0 spiro atoms. The lowest BCUT2D eigenvalue weighted by molar-refractivity contribution is -0.108. The van der Waals surface area contributed by atoms with Gasteiger partial charge in [-0.25, -0.2) is 0 Å². The molecule has 0 saturated carbocycles. The highest BCUT2D eigenvalue weighted by Crippen LogP contribution is 2.33. The van der Waals surface area contributed by atoms with Gasteiger partial charge in [0.25, 0.3) is 5.24 Å². The maximum atomic E-state index is 10.6.